The molecule has 12 nitrogen and oxygen atoms in total. The van der Waals surface area contributed by atoms with Crippen molar-refractivity contribution in [1.29, 1.82) is 0 Å². The minimum atomic E-state index is -0.393. The van der Waals surface area contributed by atoms with Crippen molar-refractivity contribution < 1.29 is 28.8 Å². The fraction of sp³-hybridized carbons (Fsp3) is 0.714. The highest BCUT2D eigenvalue weighted by atomic mass is 16.5. The standard InChI is InChI=1S/C14H26N6O6/c1-11(22)20(10-26-5)14-16-12(18(6-21)7-23-2)15-13(17-14)19(8-24-3)9-25-4/h21H,6-10H2,1-5H3. The van der Waals surface area contributed by atoms with Crippen molar-refractivity contribution in [2.24, 2.45) is 0 Å². The van der Waals surface area contributed by atoms with Crippen molar-refractivity contribution in [3.05, 3.63) is 0 Å². The Morgan fingerprint density at radius 3 is 1.65 bits per heavy atom. The lowest BCUT2D eigenvalue weighted by molar-refractivity contribution is -0.117. The van der Waals surface area contributed by atoms with Crippen LogP contribution in [0.3, 0.4) is 0 Å². The average molecular weight is 374 g/mol. The maximum Gasteiger partial charge on any atom is 0.240 e. The van der Waals surface area contributed by atoms with Gasteiger partial charge in [-0.15, -0.1) is 0 Å². The molecule has 1 amide bonds. The topological polar surface area (TPSA) is 123 Å². The summed E-state index contributed by atoms with van der Waals surface area (Å²) in [5, 5.41) is 9.57. The molecule has 0 saturated carbocycles. The lowest BCUT2D eigenvalue weighted by Gasteiger charge is -2.26. The van der Waals surface area contributed by atoms with Gasteiger partial charge in [0.15, 0.2) is 0 Å². The average Bonchev–Trinajstić information content (AvgIpc) is 2.63. The Balaban J connectivity index is 3.43. The van der Waals surface area contributed by atoms with Crippen LogP contribution in [0.1, 0.15) is 6.92 Å². The SMILES string of the molecule is COCN(CO)c1nc(N(COC)COC)nc(N(COC)C(C)=O)n1. The second-order valence-corrected chi connectivity index (χ2v) is 5.07. The summed E-state index contributed by atoms with van der Waals surface area (Å²) < 4.78 is 20.3. The first-order valence-corrected chi connectivity index (χ1v) is 7.63. The molecule has 12 heteroatoms. The number of ether oxygens (including phenoxy) is 4. The highest BCUT2D eigenvalue weighted by Gasteiger charge is 2.22. The molecule has 1 aromatic heterocycles. The zero-order chi connectivity index (χ0) is 19.5. The van der Waals surface area contributed by atoms with E-state index in [1.807, 2.05) is 0 Å². The number of hydrogen-bond donors (Lipinski definition) is 1. The first kappa shape index (κ1) is 21.9. The molecule has 1 aromatic rings. The molecule has 0 unspecified atom stereocenters. The normalized spacial score (nSPS) is 10.7. The van der Waals surface area contributed by atoms with Crippen molar-refractivity contribution in [1.82, 2.24) is 15.0 Å². The second-order valence-electron chi connectivity index (χ2n) is 5.07. The van der Waals surface area contributed by atoms with Gasteiger partial charge >= 0.3 is 0 Å². The van der Waals surface area contributed by atoms with Gasteiger partial charge in [-0.05, 0) is 0 Å². The van der Waals surface area contributed by atoms with Gasteiger partial charge in [-0.2, -0.15) is 15.0 Å². The molecule has 0 radical (unpaired) electrons. The number of methoxy groups -OCH3 is 4. The molecule has 0 aromatic carbocycles. The van der Waals surface area contributed by atoms with E-state index in [0.717, 1.165) is 0 Å². The molecule has 0 aliphatic carbocycles. The van der Waals surface area contributed by atoms with Crippen LogP contribution in [0.4, 0.5) is 17.8 Å². The van der Waals surface area contributed by atoms with Crippen LogP contribution in [0.15, 0.2) is 0 Å². The number of aliphatic hydroxyl groups excluding tert-OH is 1. The maximum absolute atomic E-state index is 11.9. The van der Waals surface area contributed by atoms with E-state index in [1.165, 1.54) is 45.2 Å². The predicted octanol–water partition coefficient (Wildman–Crippen LogP) is -0.797. The Hall–Kier alpha value is -2.12. The summed E-state index contributed by atoms with van der Waals surface area (Å²) in [6.45, 7) is 1.25. The molecular weight excluding hydrogens is 348 g/mol. The number of aliphatic hydroxyl groups is 1. The van der Waals surface area contributed by atoms with Gasteiger partial charge in [0.05, 0.1) is 0 Å². The van der Waals surface area contributed by atoms with Crippen LogP contribution in [0, 0.1) is 0 Å². The summed E-state index contributed by atoms with van der Waals surface area (Å²) in [6.07, 6.45) is 0. The summed E-state index contributed by atoms with van der Waals surface area (Å²) >= 11 is 0. The molecule has 26 heavy (non-hydrogen) atoms. The lowest BCUT2D eigenvalue weighted by atomic mass is 10.6. The molecule has 1 heterocycles. The molecule has 0 fully saturated rings. The third-order valence-electron chi connectivity index (χ3n) is 3.07. The third kappa shape index (κ3) is 6.00. The van der Waals surface area contributed by atoms with Gasteiger partial charge in [-0.25, -0.2) is 0 Å². The van der Waals surface area contributed by atoms with Crippen molar-refractivity contribution in [3.8, 4) is 0 Å². The smallest absolute Gasteiger partial charge is 0.240 e. The number of aromatic nitrogens is 3. The molecule has 1 rings (SSSR count). The van der Waals surface area contributed by atoms with Crippen LogP contribution in [-0.2, 0) is 23.7 Å². The summed E-state index contributed by atoms with van der Waals surface area (Å²) in [5.41, 5.74) is 0. The Kier molecular flexibility index (Phi) is 9.69. The third-order valence-corrected chi connectivity index (χ3v) is 3.07. The highest BCUT2D eigenvalue weighted by Crippen LogP contribution is 2.19. The minimum Gasteiger partial charge on any atom is -0.376 e. The Morgan fingerprint density at radius 1 is 0.808 bits per heavy atom. The van der Waals surface area contributed by atoms with E-state index in [2.05, 4.69) is 15.0 Å². The van der Waals surface area contributed by atoms with Gasteiger partial charge in [0, 0.05) is 35.4 Å². The van der Waals surface area contributed by atoms with Crippen LogP contribution in [0.2, 0.25) is 0 Å². The number of rotatable bonds is 12. The van der Waals surface area contributed by atoms with Crippen molar-refractivity contribution in [2.75, 3.05) is 76.8 Å². The van der Waals surface area contributed by atoms with Gasteiger partial charge < -0.3 is 24.1 Å². The number of hydrogen-bond acceptors (Lipinski definition) is 11. The fourth-order valence-corrected chi connectivity index (χ4v) is 1.95. The quantitative estimate of drug-likeness (QED) is 0.463. The summed E-state index contributed by atoms with van der Waals surface area (Å²) in [4.78, 5) is 29.0. The monoisotopic (exact) mass is 374 g/mol. The van der Waals surface area contributed by atoms with Gasteiger partial charge in [-0.3, -0.25) is 19.5 Å². The Labute approximate surface area is 152 Å². The van der Waals surface area contributed by atoms with Crippen molar-refractivity contribution >= 4 is 23.8 Å². The van der Waals surface area contributed by atoms with E-state index in [4.69, 9.17) is 18.9 Å². The van der Waals surface area contributed by atoms with Crippen LogP contribution in [0.5, 0.6) is 0 Å². The Morgan fingerprint density at radius 2 is 1.23 bits per heavy atom. The molecule has 148 valence electrons. The maximum atomic E-state index is 11.9. The summed E-state index contributed by atoms with van der Waals surface area (Å²) in [7, 11) is 5.96. The molecule has 0 atom stereocenters. The van der Waals surface area contributed by atoms with E-state index in [-0.39, 0.29) is 50.7 Å². The zero-order valence-electron chi connectivity index (χ0n) is 15.7. The number of anilines is 3. The van der Waals surface area contributed by atoms with Gasteiger partial charge in [0.1, 0.15) is 33.7 Å². The second kappa shape index (κ2) is 11.5. The van der Waals surface area contributed by atoms with E-state index in [9.17, 15) is 9.90 Å². The van der Waals surface area contributed by atoms with E-state index < -0.39 is 6.73 Å². The Bertz CT molecular complexity index is 557. The zero-order valence-corrected chi connectivity index (χ0v) is 15.7. The predicted molar refractivity (Wildman–Crippen MR) is 92.5 cm³/mol. The molecule has 0 bridgehead atoms. The molecular formula is C14H26N6O6. The first-order valence-electron chi connectivity index (χ1n) is 7.63. The van der Waals surface area contributed by atoms with Crippen molar-refractivity contribution in [2.45, 2.75) is 6.92 Å². The molecule has 0 spiro atoms. The summed E-state index contributed by atoms with van der Waals surface area (Å²) in [6, 6.07) is 0. The number of carbonyl (C=O) groups excluding carboxylic acids is 1. The van der Waals surface area contributed by atoms with Gasteiger partial charge in [0.25, 0.3) is 0 Å². The molecule has 0 saturated heterocycles. The van der Waals surface area contributed by atoms with Gasteiger partial charge in [-0.1, -0.05) is 0 Å². The molecule has 0 aliphatic heterocycles. The van der Waals surface area contributed by atoms with E-state index in [1.54, 1.807) is 4.90 Å². The van der Waals surface area contributed by atoms with Crippen LogP contribution in [0.25, 0.3) is 0 Å². The van der Waals surface area contributed by atoms with Crippen molar-refractivity contribution in [3.63, 3.8) is 0 Å². The van der Waals surface area contributed by atoms with E-state index in [0.29, 0.717) is 0 Å². The van der Waals surface area contributed by atoms with Crippen LogP contribution < -0.4 is 14.7 Å². The molecule has 1 N–H and O–H groups in total. The van der Waals surface area contributed by atoms with Crippen LogP contribution >= 0.6 is 0 Å². The first-order chi connectivity index (χ1) is 12.5. The molecule has 0 aliphatic rings. The van der Waals surface area contributed by atoms with Crippen LogP contribution in [-0.4, -0.2) is 88.1 Å². The number of nitrogens with zero attached hydrogens (tertiary/aromatic N) is 6. The highest BCUT2D eigenvalue weighted by molar-refractivity contribution is 5.89. The number of amides is 1. The van der Waals surface area contributed by atoms with E-state index >= 15 is 0 Å². The fourth-order valence-electron chi connectivity index (χ4n) is 1.95. The summed E-state index contributed by atoms with van der Waals surface area (Å²) in [5.74, 6) is 0.0629. The number of carbonyl (C=O) groups is 1. The minimum absolute atomic E-state index is 0.0400. The van der Waals surface area contributed by atoms with Gasteiger partial charge in [0.2, 0.25) is 23.8 Å². The lowest BCUT2D eigenvalue weighted by Crippen LogP contribution is -2.36. The largest absolute Gasteiger partial charge is 0.376 e.